The Morgan fingerprint density at radius 2 is 1.88 bits per heavy atom. The first-order chi connectivity index (χ1) is 16.0. The molecule has 0 saturated heterocycles. The summed E-state index contributed by atoms with van der Waals surface area (Å²) in [5, 5.41) is 29.1. The molecule has 0 bridgehead atoms. The molecule has 1 fully saturated rings. The lowest BCUT2D eigenvalue weighted by atomic mass is 9.95. The molecule has 1 aliphatic rings. The van der Waals surface area contributed by atoms with Crippen LogP contribution in [0.1, 0.15) is 24.4 Å². The molecule has 0 amide bonds. The second kappa shape index (κ2) is 8.57. The van der Waals surface area contributed by atoms with Crippen LogP contribution >= 0.6 is 0 Å². The molecule has 0 spiro atoms. The number of hydrogen-bond acceptors (Lipinski definition) is 7. The lowest BCUT2D eigenvalue weighted by Gasteiger charge is -2.19. The van der Waals surface area contributed by atoms with E-state index in [1.165, 1.54) is 12.4 Å². The number of aliphatic hydroxyl groups is 2. The Hall–Kier alpha value is -3.30. The van der Waals surface area contributed by atoms with Crippen LogP contribution in [0.4, 0.5) is 16.0 Å². The number of anilines is 2. The van der Waals surface area contributed by atoms with Crippen LogP contribution < -0.4 is 10.6 Å². The van der Waals surface area contributed by atoms with Crippen molar-refractivity contribution in [1.82, 2.24) is 19.5 Å². The highest BCUT2D eigenvalue weighted by atomic mass is 19.1. The van der Waals surface area contributed by atoms with Crippen molar-refractivity contribution in [2.45, 2.75) is 37.5 Å². The van der Waals surface area contributed by atoms with Gasteiger partial charge < -0.3 is 25.4 Å². The van der Waals surface area contributed by atoms with Crippen LogP contribution in [0.5, 0.6) is 0 Å². The summed E-state index contributed by atoms with van der Waals surface area (Å²) in [4.78, 5) is 13.0. The van der Waals surface area contributed by atoms with Gasteiger partial charge in [-0.15, -0.1) is 0 Å². The van der Waals surface area contributed by atoms with Gasteiger partial charge in [-0.3, -0.25) is 0 Å². The molecule has 0 unspecified atom stereocenters. The van der Waals surface area contributed by atoms with E-state index in [0.29, 0.717) is 6.42 Å². The maximum Gasteiger partial charge on any atom is 0.166 e. The first-order valence-corrected chi connectivity index (χ1v) is 11.1. The minimum atomic E-state index is -0.877. The predicted octanol–water partition coefficient (Wildman–Crippen LogP) is 3.12. The van der Waals surface area contributed by atoms with Gasteiger partial charge in [-0.2, -0.15) is 0 Å². The zero-order valence-electron chi connectivity index (χ0n) is 18.5. The van der Waals surface area contributed by atoms with Crippen molar-refractivity contribution in [3.05, 3.63) is 54.2 Å². The van der Waals surface area contributed by atoms with Crippen LogP contribution in [-0.2, 0) is 6.42 Å². The molecule has 1 aliphatic carbocycles. The topological polar surface area (TPSA) is 108 Å². The number of aryl methyl sites for hydroxylation is 1. The number of hydrogen-bond donors (Lipinski definition) is 4. The number of aliphatic hydroxyl groups excluding tert-OH is 2. The number of benzene rings is 1. The highest BCUT2D eigenvalue weighted by Gasteiger charge is 2.42. The van der Waals surface area contributed by atoms with E-state index in [0.717, 1.165) is 46.2 Å². The van der Waals surface area contributed by atoms with E-state index in [2.05, 4.69) is 25.6 Å². The average Bonchev–Trinajstić information content (AvgIpc) is 3.38. The fourth-order valence-corrected chi connectivity index (χ4v) is 4.97. The van der Waals surface area contributed by atoms with Crippen molar-refractivity contribution < 1.29 is 14.6 Å². The number of pyridine rings is 1. The Bertz CT molecular complexity index is 1310. The second-order valence-electron chi connectivity index (χ2n) is 8.61. The molecule has 4 atom stereocenters. The summed E-state index contributed by atoms with van der Waals surface area (Å²) < 4.78 is 15.9. The molecule has 4 N–H and O–H groups in total. The molecule has 33 heavy (non-hydrogen) atoms. The third-order valence-corrected chi connectivity index (χ3v) is 6.75. The van der Waals surface area contributed by atoms with Crippen LogP contribution in [-0.4, -0.2) is 56.0 Å². The first kappa shape index (κ1) is 21.5. The molecule has 0 radical (unpaired) electrons. The van der Waals surface area contributed by atoms with E-state index < -0.39 is 12.2 Å². The Kier molecular flexibility index (Phi) is 5.59. The number of rotatable bonds is 6. The van der Waals surface area contributed by atoms with Crippen molar-refractivity contribution in [2.75, 3.05) is 24.7 Å². The molecular weight excluding hydrogens is 423 g/mol. The average molecular weight is 451 g/mol. The Balaban J connectivity index is 1.34. The van der Waals surface area contributed by atoms with Crippen LogP contribution in [0.15, 0.2) is 42.9 Å². The van der Waals surface area contributed by atoms with E-state index >= 15 is 0 Å². The smallest absolute Gasteiger partial charge is 0.166 e. The van der Waals surface area contributed by atoms with E-state index in [1.54, 1.807) is 7.05 Å². The zero-order chi connectivity index (χ0) is 23.1. The highest BCUT2D eigenvalue weighted by Crippen LogP contribution is 2.40. The predicted molar refractivity (Wildman–Crippen MR) is 126 cm³/mol. The maximum absolute atomic E-state index is 14.0. The van der Waals surface area contributed by atoms with Crippen LogP contribution in [0.2, 0.25) is 0 Å². The minimum absolute atomic E-state index is 0.0576. The number of halogens is 1. The normalized spacial score (nSPS) is 22.8. The summed E-state index contributed by atoms with van der Waals surface area (Å²) in [5.74, 6) is 0.518. The molecule has 5 rings (SSSR count). The third kappa shape index (κ3) is 3.77. The fourth-order valence-electron chi connectivity index (χ4n) is 4.97. The quantitative estimate of drug-likeness (QED) is 0.357. The minimum Gasteiger partial charge on any atom is -0.390 e. The van der Waals surface area contributed by atoms with Gasteiger partial charge in [0.25, 0.3) is 0 Å². The van der Waals surface area contributed by atoms with Gasteiger partial charge in [-0.1, -0.05) is 12.1 Å². The van der Waals surface area contributed by atoms with Gasteiger partial charge in [0.15, 0.2) is 11.6 Å². The molecule has 8 nitrogen and oxygen atoms in total. The summed E-state index contributed by atoms with van der Waals surface area (Å²) >= 11 is 0. The third-order valence-electron chi connectivity index (χ3n) is 6.75. The largest absolute Gasteiger partial charge is 0.390 e. The Labute approximate surface area is 190 Å². The fraction of sp³-hybridized carbons (Fsp3) is 0.375. The van der Waals surface area contributed by atoms with Gasteiger partial charge in [0.1, 0.15) is 23.9 Å². The SMILES string of the molecule is CNc1nc2cc(CC[C@H]3C[C@@H](n4ccc5c(NC)ncnc54)[C@H](O)[C@@H]3O)ccc2cc1F. The van der Waals surface area contributed by atoms with Crippen molar-refractivity contribution in [2.24, 2.45) is 5.92 Å². The second-order valence-corrected chi connectivity index (χ2v) is 8.61. The van der Waals surface area contributed by atoms with Gasteiger partial charge in [-0.05, 0) is 48.9 Å². The molecule has 4 aromatic rings. The molecule has 172 valence electrons. The summed E-state index contributed by atoms with van der Waals surface area (Å²) in [6, 6.07) is 8.94. The molecule has 1 aromatic carbocycles. The van der Waals surface area contributed by atoms with Crippen molar-refractivity contribution in [3.63, 3.8) is 0 Å². The molecule has 1 saturated carbocycles. The highest BCUT2D eigenvalue weighted by molar-refractivity contribution is 5.87. The van der Waals surface area contributed by atoms with E-state index in [9.17, 15) is 14.6 Å². The number of nitrogens with zero attached hydrogens (tertiary/aromatic N) is 4. The monoisotopic (exact) mass is 450 g/mol. The van der Waals surface area contributed by atoms with Gasteiger partial charge in [0, 0.05) is 25.7 Å². The summed E-state index contributed by atoms with van der Waals surface area (Å²) in [5.41, 5.74) is 2.52. The Morgan fingerprint density at radius 3 is 2.67 bits per heavy atom. The molecule has 3 aromatic heterocycles. The van der Waals surface area contributed by atoms with Crippen molar-refractivity contribution in [1.29, 1.82) is 0 Å². The van der Waals surface area contributed by atoms with Crippen LogP contribution in [0, 0.1) is 11.7 Å². The van der Waals surface area contributed by atoms with Crippen LogP contribution in [0.3, 0.4) is 0 Å². The zero-order valence-corrected chi connectivity index (χ0v) is 18.5. The standard InChI is InChI=1S/C24H27FN6O2/c1-26-22-16-7-8-31(24(16)29-12-28-22)19-11-15(20(32)21(19)33)6-4-13-3-5-14-10-17(25)23(27-2)30-18(14)9-13/h3,5,7-10,12,15,19-21,32-33H,4,6,11H2,1-2H3,(H,27,30)(H,26,28,29)/t15-,19+,20+,21-/m0/s1. The van der Waals surface area contributed by atoms with Gasteiger partial charge >= 0.3 is 0 Å². The van der Waals surface area contributed by atoms with Crippen molar-refractivity contribution >= 4 is 33.6 Å². The summed E-state index contributed by atoms with van der Waals surface area (Å²) in [7, 11) is 3.45. The lowest BCUT2D eigenvalue weighted by Crippen LogP contribution is -2.29. The lowest BCUT2D eigenvalue weighted by molar-refractivity contribution is 0.00545. The van der Waals surface area contributed by atoms with Gasteiger partial charge in [-0.25, -0.2) is 19.3 Å². The van der Waals surface area contributed by atoms with Gasteiger partial charge in [0.2, 0.25) is 0 Å². The van der Waals surface area contributed by atoms with E-state index in [-0.39, 0.29) is 23.6 Å². The first-order valence-electron chi connectivity index (χ1n) is 11.1. The number of nitrogens with one attached hydrogen (secondary N) is 2. The molecular formula is C24H27FN6O2. The molecule has 3 heterocycles. The van der Waals surface area contributed by atoms with Gasteiger partial charge in [0.05, 0.1) is 23.0 Å². The number of aromatic nitrogens is 4. The number of fused-ring (bicyclic) bond motifs is 2. The summed E-state index contributed by atoms with van der Waals surface area (Å²) in [6.45, 7) is 0. The maximum atomic E-state index is 14.0. The molecule has 0 aliphatic heterocycles. The van der Waals surface area contributed by atoms with Crippen molar-refractivity contribution in [3.8, 4) is 0 Å². The molecule has 9 heteroatoms. The van der Waals surface area contributed by atoms with E-state index in [1.807, 2.05) is 42.1 Å². The van der Waals surface area contributed by atoms with E-state index in [4.69, 9.17) is 0 Å². The summed E-state index contributed by atoms with van der Waals surface area (Å²) in [6.07, 6.45) is 3.79. The van der Waals surface area contributed by atoms with Crippen LogP contribution in [0.25, 0.3) is 21.9 Å². The Morgan fingerprint density at radius 1 is 1.06 bits per heavy atom.